The standard InChI is InChI=1S/C10H16ClF2NO2/c1-10(2,3)7(4-6(15)5-11)14-9(16)8(12)13/h7-8H,4-5H2,1-3H3,(H,14,16). The Hall–Kier alpha value is -0.710. The van der Waals surface area contributed by atoms with Crippen LogP contribution in [0.25, 0.3) is 0 Å². The van der Waals surface area contributed by atoms with Crippen LogP contribution in [0.3, 0.4) is 0 Å². The number of nitrogens with one attached hydrogen (secondary N) is 1. The fourth-order valence-electron chi connectivity index (χ4n) is 1.09. The minimum atomic E-state index is -3.07. The minimum absolute atomic E-state index is 0.0363. The Morgan fingerprint density at radius 1 is 1.31 bits per heavy atom. The zero-order valence-electron chi connectivity index (χ0n) is 9.52. The monoisotopic (exact) mass is 255 g/mol. The van der Waals surface area contributed by atoms with Gasteiger partial charge in [-0.1, -0.05) is 20.8 Å². The second kappa shape index (κ2) is 6.13. The Kier molecular flexibility index (Phi) is 5.86. The average Bonchev–Trinajstić information content (AvgIpc) is 2.14. The molecule has 1 N–H and O–H groups in total. The Morgan fingerprint density at radius 3 is 2.12 bits per heavy atom. The highest BCUT2D eigenvalue weighted by molar-refractivity contribution is 6.27. The third kappa shape index (κ3) is 5.39. The molecule has 0 radical (unpaired) electrons. The molecule has 0 aromatic rings. The SMILES string of the molecule is CC(C)(C)C(CC(=O)CCl)NC(=O)C(F)F. The summed E-state index contributed by atoms with van der Waals surface area (Å²) in [5.41, 5.74) is -0.480. The normalized spacial score (nSPS) is 13.7. The van der Waals surface area contributed by atoms with Crippen LogP contribution in [0, 0.1) is 5.41 Å². The molecule has 1 amide bonds. The van der Waals surface area contributed by atoms with Crippen molar-refractivity contribution >= 4 is 23.3 Å². The van der Waals surface area contributed by atoms with Crippen molar-refractivity contribution in [3.8, 4) is 0 Å². The number of ketones is 1. The predicted octanol–water partition coefficient (Wildman–Crippen LogP) is 1.98. The molecule has 0 aliphatic rings. The number of rotatable bonds is 5. The maximum Gasteiger partial charge on any atom is 0.315 e. The highest BCUT2D eigenvalue weighted by atomic mass is 35.5. The number of amides is 1. The summed E-state index contributed by atoms with van der Waals surface area (Å²) in [7, 11) is 0. The van der Waals surface area contributed by atoms with Crippen LogP contribution in [0.5, 0.6) is 0 Å². The molecule has 0 aromatic carbocycles. The lowest BCUT2D eigenvalue weighted by atomic mass is 9.84. The van der Waals surface area contributed by atoms with Gasteiger partial charge < -0.3 is 5.32 Å². The number of Topliss-reactive ketones (excluding diaryl/α,β-unsaturated/α-hetero) is 1. The van der Waals surface area contributed by atoms with Gasteiger partial charge in [-0.15, -0.1) is 11.6 Å². The van der Waals surface area contributed by atoms with Crippen molar-refractivity contribution in [1.29, 1.82) is 0 Å². The summed E-state index contributed by atoms with van der Waals surface area (Å²) in [6.45, 7) is 5.26. The number of hydrogen-bond acceptors (Lipinski definition) is 2. The van der Waals surface area contributed by atoms with Crippen molar-refractivity contribution in [3.05, 3.63) is 0 Å². The minimum Gasteiger partial charge on any atom is -0.347 e. The van der Waals surface area contributed by atoms with E-state index in [1.807, 2.05) is 0 Å². The van der Waals surface area contributed by atoms with Crippen LogP contribution in [-0.4, -0.2) is 30.0 Å². The van der Waals surface area contributed by atoms with Crippen LogP contribution in [0.15, 0.2) is 0 Å². The van der Waals surface area contributed by atoms with Crippen molar-refractivity contribution in [1.82, 2.24) is 5.32 Å². The summed E-state index contributed by atoms with van der Waals surface area (Å²) >= 11 is 5.33. The van der Waals surface area contributed by atoms with E-state index in [-0.39, 0.29) is 18.1 Å². The van der Waals surface area contributed by atoms with E-state index in [9.17, 15) is 18.4 Å². The zero-order chi connectivity index (χ0) is 12.9. The first kappa shape index (κ1) is 15.3. The van der Waals surface area contributed by atoms with Crippen LogP contribution in [0.2, 0.25) is 0 Å². The number of hydrogen-bond donors (Lipinski definition) is 1. The van der Waals surface area contributed by atoms with Gasteiger partial charge in [0.1, 0.15) is 5.78 Å². The number of carbonyl (C=O) groups is 2. The lowest BCUT2D eigenvalue weighted by Gasteiger charge is -2.30. The molecule has 0 bridgehead atoms. The fraction of sp³-hybridized carbons (Fsp3) is 0.800. The van der Waals surface area contributed by atoms with Gasteiger partial charge in [-0.25, -0.2) is 0 Å². The first-order valence-corrected chi connectivity index (χ1v) is 5.38. The molecule has 1 unspecified atom stereocenters. The third-order valence-corrected chi connectivity index (χ3v) is 2.44. The molecule has 0 saturated carbocycles. The van der Waals surface area contributed by atoms with Gasteiger partial charge >= 0.3 is 6.43 Å². The Balaban J connectivity index is 4.57. The van der Waals surface area contributed by atoms with E-state index in [0.29, 0.717) is 0 Å². The maximum absolute atomic E-state index is 12.1. The molecular formula is C10H16ClF2NO2. The second-order valence-corrected chi connectivity index (χ2v) is 4.87. The molecule has 0 heterocycles. The Labute approximate surface area is 98.5 Å². The van der Waals surface area contributed by atoms with Gasteiger partial charge in [-0.05, 0) is 5.41 Å². The largest absolute Gasteiger partial charge is 0.347 e. The fourth-order valence-corrected chi connectivity index (χ4v) is 1.20. The second-order valence-electron chi connectivity index (χ2n) is 4.60. The lowest BCUT2D eigenvalue weighted by Crippen LogP contribution is -2.47. The summed E-state index contributed by atoms with van der Waals surface area (Å²) in [5.74, 6) is -1.82. The smallest absolute Gasteiger partial charge is 0.315 e. The molecule has 0 aromatic heterocycles. The van der Waals surface area contributed by atoms with E-state index in [2.05, 4.69) is 5.32 Å². The topological polar surface area (TPSA) is 46.2 Å². The average molecular weight is 256 g/mol. The van der Waals surface area contributed by atoms with Gasteiger partial charge in [0, 0.05) is 12.5 Å². The number of alkyl halides is 3. The molecule has 0 aliphatic heterocycles. The maximum atomic E-state index is 12.1. The molecule has 1 atom stereocenters. The molecular weight excluding hydrogens is 240 g/mol. The highest BCUT2D eigenvalue weighted by Crippen LogP contribution is 2.22. The van der Waals surface area contributed by atoms with E-state index in [1.165, 1.54) is 0 Å². The summed E-state index contributed by atoms with van der Waals surface area (Å²) < 4.78 is 24.1. The van der Waals surface area contributed by atoms with E-state index >= 15 is 0 Å². The van der Waals surface area contributed by atoms with Crippen LogP contribution >= 0.6 is 11.6 Å². The van der Waals surface area contributed by atoms with Crippen molar-refractivity contribution in [2.75, 3.05) is 5.88 Å². The van der Waals surface area contributed by atoms with E-state index < -0.39 is 23.8 Å². The molecule has 6 heteroatoms. The van der Waals surface area contributed by atoms with E-state index in [4.69, 9.17) is 11.6 Å². The summed E-state index contributed by atoms with van der Waals surface area (Å²) in [4.78, 5) is 22.0. The van der Waals surface area contributed by atoms with Gasteiger partial charge in [0.05, 0.1) is 5.88 Å². The first-order chi connectivity index (χ1) is 7.18. The van der Waals surface area contributed by atoms with Crippen molar-refractivity contribution < 1.29 is 18.4 Å². The first-order valence-electron chi connectivity index (χ1n) is 4.84. The molecule has 16 heavy (non-hydrogen) atoms. The van der Waals surface area contributed by atoms with Gasteiger partial charge in [0.25, 0.3) is 5.91 Å². The summed E-state index contributed by atoms with van der Waals surface area (Å²) in [5, 5.41) is 2.15. The molecule has 0 fully saturated rings. The van der Waals surface area contributed by atoms with Gasteiger partial charge in [-0.2, -0.15) is 8.78 Å². The van der Waals surface area contributed by atoms with Crippen LogP contribution in [0.4, 0.5) is 8.78 Å². The van der Waals surface area contributed by atoms with Crippen LogP contribution in [-0.2, 0) is 9.59 Å². The molecule has 94 valence electrons. The third-order valence-electron chi connectivity index (χ3n) is 2.14. The molecule has 3 nitrogen and oxygen atoms in total. The Morgan fingerprint density at radius 2 is 1.81 bits per heavy atom. The quantitative estimate of drug-likeness (QED) is 0.764. The molecule has 0 spiro atoms. The van der Waals surface area contributed by atoms with Gasteiger partial charge in [0.2, 0.25) is 0 Å². The lowest BCUT2D eigenvalue weighted by molar-refractivity contribution is -0.133. The predicted molar refractivity (Wildman–Crippen MR) is 57.7 cm³/mol. The van der Waals surface area contributed by atoms with Gasteiger partial charge in [-0.3, -0.25) is 9.59 Å². The molecule has 0 saturated heterocycles. The number of halogens is 3. The number of carbonyl (C=O) groups excluding carboxylic acids is 2. The van der Waals surface area contributed by atoms with E-state index in [1.54, 1.807) is 20.8 Å². The summed E-state index contributed by atoms with van der Waals surface area (Å²) in [6, 6.07) is -0.639. The summed E-state index contributed by atoms with van der Waals surface area (Å²) in [6.07, 6.45) is -3.11. The van der Waals surface area contributed by atoms with Gasteiger partial charge in [0.15, 0.2) is 0 Å². The molecule has 0 aliphatic carbocycles. The van der Waals surface area contributed by atoms with Crippen LogP contribution < -0.4 is 5.32 Å². The van der Waals surface area contributed by atoms with E-state index in [0.717, 1.165) is 0 Å². The highest BCUT2D eigenvalue weighted by Gasteiger charge is 2.30. The van der Waals surface area contributed by atoms with Crippen LogP contribution in [0.1, 0.15) is 27.2 Å². The zero-order valence-corrected chi connectivity index (χ0v) is 10.3. The Bertz CT molecular complexity index is 264. The molecule has 0 rings (SSSR count). The van der Waals surface area contributed by atoms with Crippen molar-refractivity contribution in [3.63, 3.8) is 0 Å². The van der Waals surface area contributed by atoms with Crippen molar-refractivity contribution in [2.24, 2.45) is 5.41 Å². The van der Waals surface area contributed by atoms with Crippen molar-refractivity contribution in [2.45, 2.75) is 39.7 Å².